The molecule has 0 unspecified atom stereocenters. The molecule has 0 spiro atoms. The summed E-state index contributed by atoms with van der Waals surface area (Å²) in [6, 6.07) is 1.17. The monoisotopic (exact) mass is 152 g/mol. The number of rotatable bonds is 2. The van der Waals surface area contributed by atoms with E-state index in [2.05, 4.69) is 6.58 Å². The molecule has 1 heterocycles. The highest BCUT2D eigenvalue weighted by Gasteiger charge is 2.03. The van der Waals surface area contributed by atoms with Crippen molar-refractivity contribution in [3.05, 3.63) is 41.0 Å². The van der Waals surface area contributed by atoms with E-state index < -0.39 is 5.43 Å². The molecule has 0 amide bonds. The molecule has 0 fully saturated rings. The lowest BCUT2D eigenvalue weighted by atomic mass is 10.3. The summed E-state index contributed by atoms with van der Waals surface area (Å²) in [6.07, 6.45) is 3.17. The van der Waals surface area contributed by atoms with Crippen molar-refractivity contribution >= 4 is 0 Å². The van der Waals surface area contributed by atoms with Gasteiger partial charge in [-0.3, -0.25) is 4.79 Å². The van der Waals surface area contributed by atoms with Gasteiger partial charge in [0.2, 0.25) is 11.2 Å². The van der Waals surface area contributed by atoms with E-state index in [1.165, 1.54) is 12.3 Å². The van der Waals surface area contributed by atoms with Gasteiger partial charge in [0.05, 0.1) is 6.26 Å². The quantitative estimate of drug-likeness (QED) is 0.645. The van der Waals surface area contributed by atoms with Gasteiger partial charge in [0, 0.05) is 12.5 Å². The Morgan fingerprint density at radius 1 is 1.73 bits per heavy atom. The molecule has 0 aliphatic carbocycles. The summed E-state index contributed by atoms with van der Waals surface area (Å²) < 4.78 is 4.86. The summed E-state index contributed by atoms with van der Waals surface area (Å²) in [5.41, 5.74) is -0.423. The summed E-state index contributed by atoms with van der Waals surface area (Å²) in [4.78, 5) is 10.8. The Morgan fingerprint density at radius 2 is 2.45 bits per heavy atom. The second kappa shape index (κ2) is 3.05. The van der Waals surface area contributed by atoms with E-state index in [1.54, 1.807) is 6.08 Å². The van der Waals surface area contributed by atoms with Gasteiger partial charge in [0.25, 0.3) is 0 Å². The predicted molar refractivity (Wildman–Crippen MR) is 40.5 cm³/mol. The molecule has 0 aliphatic heterocycles. The van der Waals surface area contributed by atoms with Crippen LogP contribution >= 0.6 is 0 Å². The fourth-order valence-electron chi connectivity index (χ4n) is 0.726. The van der Waals surface area contributed by atoms with E-state index >= 15 is 0 Å². The number of hydrogen-bond donors (Lipinski definition) is 1. The van der Waals surface area contributed by atoms with E-state index in [-0.39, 0.29) is 11.5 Å². The molecule has 0 atom stereocenters. The Balaban J connectivity index is 3.16. The lowest BCUT2D eigenvalue weighted by molar-refractivity contribution is 0.406. The minimum Gasteiger partial charge on any atom is -0.502 e. The van der Waals surface area contributed by atoms with Crippen LogP contribution < -0.4 is 5.43 Å². The zero-order valence-corrected chi connectivity index (χ0v) is 5.91. The lowest BCUT2D eigenvalue weighted by Crippen LogP contribution is -1.99. The van der Waals surface area contributed by atoms with Gasteiger partial charge in [-0.25, -0.2) is 0 Å². The Morgan fingerprint density at radius 3 is 3.09 bits per heavy atom. The minimum absolute atomic E-state index is 0.257. The number of aromatic hydroxyl groups is 1. The molecular formula is C8H8O3. The molecule has 3 heteroatoms. The maximum absolute atomic E-state index is 10.8. The Labute approximate surface area is 63.6 Å². The predicted octanol–water partition coefficient (Wildman–Crippen LogP) is 1.07. The van der Waals surface area contributed by atoms with Gasteiger partial charge in [-0.1, -0.05) is 6.08 Å². The molecule has 3 nitrogen and oxygen atoms in total. The number of hydrogen-bond acceptors (Lipinski definition) is 3. The van der Waals surface area contributed by atoms with Crippen molar-refractivity contribution in [1.82, 2.24) is 0 Å². The summed E-state index contributed by atoms with van der Waals surface area (Å²) in [5, 5.41) is 9.07. The Kier molecular flexibility index (Phi) is 2.11. The third-order valence-corrected chi connectivity index (χ3v) is 1.26. The first-order valence-corrected chi connectivity index (χ1v) is 3.16. The van der Waals surface area contributed by atoms with Crippen LogP contribution in [0.15, 0.2) is 34.2 Å². The highest BCUT2D eigenvalue weighted by molar-refractivity contribution is 5.23. The summed E-state index contributed by atoms with van der Waals surface area (Å²) >= 11 is 0. The van der Waals surface area contributed by atoms with Crippen LogP contribution in [0.5, 0.6) is 5.75 Å². The van der Waals surface area contributed by atoms with E-state index in [4.69, 9.17) is 9.52 Å². The summed E-state index contributed by atoms with van der Waals surface area (Å²) in [6.45, 7) is 3.45. The van der Waals surface area contributed by atoms with E-state index in [0.29, 0.717) is 6.42 Å². The normalized spacial score (nSPS) is 9.45. The zero-order valence-electron chi connectivity index (χ0n) is 5.91. The highest BCUT2D eigenvalue weighted by atomic mass is 16.4. The van der Waals surface area contributed by atoms with Gasteiger partial charge < -0.3 is 9.52 Å². The van der Waals surface area contributed by atoms with Crippen LogP contribution in [0.3, 0.4) is 0 Å². The third kappa shape index (κ3) is 1.49. The number of allylic oxidation sites excluding steroid dienone is 1. The van der Waals surface area contributed by atoms with Crippen molar-refractivity contribution in [2.45, 2.75) is 6.42 Å². The van der Waals surface area contributed by atoms with Crippen LogP contribution in [0.4, 0.5) is 0 Å². The first-order chi connectivity index (χ1) is 5.25. The summed E-state index contributed by atoms with van der Waals surface area (Å²) in [7, 11) is 0. The average Bonchev–Trinajstić information content (AvgIpc) is 1.99. The second-order valence-corrected chi connectivity index (χ2v) is 2.05. The standard InChI is InChI=1S/C8H8O3/c1-2-3-7-8(10)6(9)4-5-11-7/h2,4-5,10H,1,3H2. The lowest BCUT2D eigenvalue weighted by Gasteiger charge is -1.96. The first kappa shape index (κ1) is 7.60. The van der Waals surface area contributed by atoms with Crippen LogP contribution in [0.2, 0.25) is 0 Å². The summed E-state index contributed by atoms with van der Waals surface area (Å²) in [5.74, 6) is -0.0695. The van der Waals surface area contributed by atoms with Crippen molar-refractivity contribution < 1.29 is 9.52 Å². The molecule has 0 saturated heterocycles. The smallest absolute Gasteiger partial charge is 0.226 e. The van der Waals surface area contributed by atoms with Crippen LogP contribution in [-0.4, -0.2) is 5.11 Å². The van der Waals surface area contributed by atoms with Crippen molar-refractivity contribution in [1.29, 1.82) is 0 Å². The molecule has 0 radical (unpaired) electrons. The Hall–Kier alpha value is -1.51. The topological polar surface area (TPSA) is 50.4 Å². The molecule has 0 aliphatic rings. The molecular weight excluding hydrogens is 144 g/mol. The molecule has 0 saturated carbocycles. The van der Waals surface area contributed by atoms with Gasteiger partial charge in [0.1, 0.15) is 0 Å². The minimum atomic E-state index is -0.423. The fourth-order valence-corrected chi connectivity index (χ4v) is 0.726. The zero-order chi connectivity index (χ0) is 8.27. The molecule has 1 aromatic rings. The maximum atomic E-state index is 10.8. The third-order valence-electron chi connectivity index (χ3n) is 1.26. The van der Waals surface area contributed by atoms with Gasteiger partial charge in [0.15, 0.2) is 5.76 Å². The first-order valence-electron chi connectivity index (χ1n) is 3.16. The molecule has 1 rings (SSSR count). The fraction of sp³-hybridized carbons (Fsp3) is 0.125. The Bertz CT molecular complexity index is 311. The van der Waals surface area contributed by atoms with Crippen molar-refractivity contribution in [2.75, 3.05) is 0 Å². The molecule has 0 bridgehead atoms. The average molecular weight is 152 g/mol. The van der Waals surface area contributed by atoms with E-state index in [1.807, 2.05) is 0 Å². The SMILES string of the molecule is C=CCc1occc(=O)c1O. The molecule has 1 N–H and O–H groups in total. The van der Waals surface area contributed by atoms with Crippen molar-refractivity contribution in [2.24, 2.45) is 0 Å². The highest BCUT2D eigenvalue weighted by Crippen LogP contribution is 2.10. The van der Waals surface area contributed by atoms with Crippen LogP contribution in [-0.2, 0) is 6.42 Å². The largest absolute Gasteiger partial charge is 0.502 e. The molecule has 58 valence electrons. The van der Waals surface area contributed by atoms with Crippen molar-refractivity contribution in [3.63, 3.8) is 0 Å². The maximum Gasteiger partial charge on any atom is 0.226 e. The van der Waals surface area contributed by atoms with Crippen LogP contribution in [0.25, 0.3) is 0 Å². The van der Waals surface area contributed by atoms with Gasteiger partial charge in [-0.15, -0.1) is 6.58 Å². The molecule has 1 aromatic heterocycles. The van der Waals surface area contributed by atoms with E-state index in [0.717, 1.165) is 0 Å². The van der Waals surface area contributed by atoms with Gasteiger partial charge in [-0.05, 0) is 0 Å². The van der Waals surface area contributed by atoms with Gasteiger partial charge >= 0.3 is 0 Å². The van der Waals surface area contributed by atoms with Crippen LogP contribution in [0.1, 0.15) is 5.76 Å². The van der Waals surface area contributed by atoms with Crippen molar-refractivity contribution in [3.8, 4) is 5.75 Å². The van der Waals surface area contributed by atoms with E-state index in [9.17, 15) is 4.79 Å². The van der Waals surface area contributed by atoms with Gasteiger partial charge in [-0.2, -0.15) is 0 Å². The molecule has 11 heavy (non-hydrogen) atoms. The second-order valence-electron chi connectivity index (χ2n) is 2.05. The van der Waals surface area contributed by atoms with Crippen LogP contribution in [0, 0.1) is 0 Å². The molecule has 0 aromatic carbocycles.